The number of nitrogens with zero attached hydrogens (tertiary/aromatic N) is 10. The van der Waals surface area contributed by atoms with E-state index in [9.17, 15) is 0 Å². The molecule has 16 aromatic rings. The Morgan fingerprint density at radius 2 is 1.00 bits per heavy atom. The maximum Gasteiger partial charge on any atom is 0.176 e. The molecule has 0 radical (unpaired) electrons. The van der Waals surface area contributed by atoms with E-state index in [1.807, 2.05) is 120 Å². The number of hydrogen-bond acceptors (Lipinski definition) is 21. The summed E-state index contributed by atoms with van der Waals surface area (Å²) in [5.41, 5.74) is 49.8. The van der Waals surface area contributed by atoms with Crippen LogP contribution in [0.2, 0.25) is 0 Å². The van der Waals surface area contributed by atoms with Gasteiger partial charge in [0.05, 0.1) is 26.6 Å². The summed E-state index contributed by atoms with van der Waals surface area (Å²) in [6.45, 7) is 15.8. The first kappa shape index (κ1) is 60.4. The van der Waals surface area contributed by atoms with Crippen molar-refractivity contribution in [2.24, 2.45) is 0 Å². The summed E-state index contributed by atoms with van der Waals surface area (Å²) in [6.07, 6.45) is 11.9. The van der Waals surface area contributed by atoms with Crippen molar-refractivity contribution in [3.8, 4) is 0 Å². The first-order valence-corrected chi connectivity index (χ1v) is 28.6. The summed E-state index contributed by atoms with van der Waals surface area (Å²) < 4.78 is 13.0. The monoisotopic (exact) mass is 1200 g/mol. The quantitative estimate of drug-likeness (QED) is 0.0672. The number of pyridine rings is 7. The minimum atomic E-state index is 0.454. The van der Waals surface area contributed by atoms with Crippen LogP contribution in [-0.2, 0) is 0 Å². The van der Waals surface area contributed by atoms with Gasteiger partial charge in [0.15, 0.2) is 17.2 Å². The molecule has 0 saturated carbocycles. The normalized spacial score (nSPS) is 10.6. The molecule has 0 fully saturated rings. The molecule has 87 heavy (non-hydrogen) atoms. The Labute approximate surface area is 505 Å². The Balaban J connectivity index is 0.000000119. The number of imidazole rings is 1. The third kappa shape index (κ3) is 15.2. The molecule has 0 aliphatic heterocycles. The van der Waals surface area contributed by atoms with Gasteiger partial charge in [-0.1, -0.05) is 6.07 Å². The molecule has 25 heteroatoms. The number of hydrogen-bond donors (Lipinski definition) is 11. The lowest BCUT2D eigenvalue weighted by atomic mass is 10.2. The Hall–Kier alpha value is -11.2. The van der Waals surface area contributed by atoms with Crippen LogP contribution in [0.3, 0.4) is 0 Å². The van der Waals surface area contributed by atoms with Gasteiger partial charge in [-0.15, -0.1) is 22.7 Å². The first-order valence-electron chi connectivity index (χ1n) is 26.9. The zero-order chi connectivity index (χ0) is 61.9. The molecule has 0 aliphatic carbocycles. The van der Waals surface area contributed by atoms with Gasteiger partial charge >= 0.3 is 0 Å². The number of fused-ring (bicyclic) bond motifs is 8. The Bertz CT molecular complexity index is 4180. The van der Waals surface area contributed by atoms with E-state index in [1.54, 1.807) is 72.1 Å². The highest BCUT2D eigenvalue weighted by molar-refractivity contribution is 7.19. The molecule has 0 aliphatic rings. The van der Waals surface area contributed by atoms with E-state index >= 15 is 0 Å². The second-order valence-electron chi connectivity index (χ2n) is 19.8. The number of nitrogen functional groups attached to an aromatic ring is 7. The van der Waals surface area contributed by atoms with Crippen molar-refractivity contribution in [3.63, 3.8) is 0 Å². The average Bonchev–Trinajstić information content (AvgIpc) is 4.25. The number of aromatic nitrogens is 14. The number of aromatic amines is 4. The number of nitrogens with two attached hydrogens (primary N) is 7. The SMILES string of the molecule is Cc1cc2c(N)nccc2[nH]1.Cc1cc2c(N)nccc2o1.Cc1cc2c(N)nccc2s1.Cc1cc2ccnc(N)c2[nH]1.Cc1cc2ccnc(N)c2o1.Cc1cc2ccnc(N)c2s1.Cc1ccc2n[nH]nc2c1.Cc1nc2c(N)nccc2[nH]1. The molecule has 0 unspecified atom stereocenters. The highest BCUT2D eigenvalue weighted by atomic mass is 32.1. The Morgan fingerprint density at radius 3 is 1.69 bits per heavy atom. The van der Waals surface area contributed by atoms with Gasteiger partial charge in [0.2, 0.25) is 0 Å². The van der Waals surface area contributed by atoms with E-state index in [0.29, 0.717) is 46.3 Å². The Kier molecular flexibility index (Phi) is 18.8. The van der Waals surface area contributed by atoms with Crippen molar-refractivity contribution in [2.75, 3.05) is 40.1 Å². The minimum absolute atomic E-state index is 0.454. The molecule has 15 aromatic heterocycles. The fourth-order valence-corrected chi connectivity index (χ4v) is 10.7. The number of H-pyrrole nitrogens is 4. The molecular weight excluding hydrogens is 1130 g/mol. The van der Waals surface area contributed by atoms with Gasteiger partial charge in [0.25, 0.3) is 0 Å². The fourth-order valence-electron chi connectivity index (χ4n) is 8.91. The van der Waals surface area contributed by atoms with Crippen LogP contribution in [0.15, 0.2) is 149 Å². The molecule has 0 amide bonds. The third-order valence-corrected chi connectivity index (χ3v) is 14.9. The molecule has 1 aromatic carbocycles. The van der Waals surface area contributed by atoms with E-state index in [2.05, 4.69) is 96.2 Å². The van der Waals surface area contributed by atoms with E-state index in [0.717, 1.165) is 99.0 Å². The summed E-state index contributed by atoms with van der Waals surface area (Å²) >= 11 is 3.44. The van der Waals surface area contributed by atoms with E-state index in [-0.39, 0.29) is 0 Å². The second kappa shape index (κ2) is 27.0. The number of thiophene rings is 2. The lowest BCUT2D eigenvalue weighted by Crippen LogP contribution is -1.89. The third-order valence-electron chi connectivity index (χ3n) is 12.8. The molecule has 442 valence electrons. The van der Waals surface area contributed by atoms with E-state index in [4.69, 9.17) is 49.0 Å². The fraction of sp³-hybridized carbons (Fsp3) is 0.129. The summed E-state index contributed by atoms with van der Waals surface area (Å²) in [5, 5.41) is 16.7. The van der Waals surface area contributed by atoms with Crippen LogP contribution in [0.5, 0.6) is 0 Å². The van der Waals surface area contributed by atoms with Gasteiger partial charge in [-0.2, -0.15) is 15.4 Å². The molecule has 0 spiro atoms. The predicted molar refractivity (Wildman–Crippen MR) is 356 cm³/mol. The summed E-state index contributed by atoms with van der Waals surface area (Å²) in [4.78, 5) is 43.8. The maximum atomic E-state index is 5.67. The summed E-state index contributed by atoms with van der Waals surface area (Å²) in [6, 6.07) is 31.4. The van der Waals surface area contributed by atoms with Crippen molar-refractivity contribution in [1.29, 1.82) is 0 Å². The molecular formula is C62H65N21O2S2. The zero-order valence-corrected chi connectivity index (χ0v) is 50.6. The lowest BCUT2D eigenvalue weighted by molar-refractivity contribution is 0.578. The van der Waals surface area contributed by atoms with Crippen LogP contribution in [0.4, 0.5) is 40.7 Å². The molecule has 18 N–H and O–H groups in total. The second-order valence-corrected chi connectivity index (χ2v) is 22.4. The number of rotatable bonds is 0. The van der Waals surface area contributed by atoms with Crippen LogP contribution >= 0.6 is 22.7 Å². The Morgan fingerprint density at radius 1 is 0.414 bits per heavy atom. The highest BCUT2D eigenvalue weighted by Gasteiger charge is 2.07. The summed E-state index contributed by atoms with van der Waals surface area (Å²) in [5.74, 6) is 6.47. The van der Waals surface area contributed by atoms with Crippen LogP contribution in [0.25, 0.3) is 86.0 Å². The number of nitrogens with one attached hydrogen (secondary N) is 4. The zero-order valence-electron chi connectivity index (χ0n) is 48.9. The van der Waals surface area contributed by atoms with E-state index in [1.165, 1.54) is 25.4 Å². The lowest BCUT2D eigenvalue weighted by Gasteiger charge is -1.91. The molecule has 23 nitrogen and oxygen atoms in total. The molecule has 16 rings (SSSR count). The first-order chi connectivity index (χ1) is 41.8. The molecule has 0 atom stereocenters. The number of furan rings is 2. The number of aryl methyl sites for hydroxylation is 8. The van der Waals surface area contributed by atoms with Crippen molar-refractivity contribution >= 4 is 149 Å². The van der Waals surface area contributed by atoms with Crippen molar-refractivity contribution < 1.29 is 8.83 Å². The van der Waals surface area contributed by atoms with Gasteiger partial charge < -0.3 is 63.9 Å². The minimum Gasteiger partial charge on any atom is -0.461 e. The van der Waals surface area contributed by atoms with Crippen molar-refractivity contribution in [2.45, 2.75) is 55.4 Å². The predicted octanol–water partition coefficient (Wildman–Crippen LogP) is 12.8. The van der Waals surface area contributed by atoms with Gasteiger partial charge in [0.1, 0.15) is 68.6 Å². The molecule has 0 saturated heterocycles. The number of benzene rings is 1. The van der Waals surface area contributed by atoms with Gasteiger partial charge in [-0.05, 0) is 157 Å². The topological polar surface area (TPSA) is 400 Å². The van der Waals surface area contributed by atoms with Gasteiger partial charge in [-0.3, -0.25) is 0 Å². The van der Waals surface area contributed by atoms with Crippen LogP contribution in [0, 0.1) is 55.4 Å². The van der Waals surface area contributed by atoms with Gasteiger partial charge in [-0.25, -0.2) is 39.9 Å². The maximum absolute atomic E-state index is 5.67. The van der Waals surface area contributed by atoms with Crippen LogP contribution in [-0.4, -0.2) is 70.2 Å². The largest absolute Gasteiger partial charge is 0.461 e. The summed E-state index contributed by atoms with van der Waals surface area (Å²) in [7, 11) is 0. The van der Waals surface area contributed by atoms with Crippen LogP contribution < -0.4 is 40.1 Å². The highest BCUT2D eigenvalue weighted by Crippen LogP contribution is 2.29. The van der Waals surface area contributed by atoms with Gasteiger partial charge in [0, 0.05) is 90.8 Å². The van der Waals surface area contributed by atoms with Crippen LogP contribution in [0.1, 0.15) is 44.1 Å². The average molecular weight is 1200 g/mol. The molecule has 0 bridgehead atoms. The number of anilines is 7. The smallest absolute Gasteiger partial charge is 0.176 e. The molecule has 15 heterocycles. The standard InChI is InChI=1S/2C8H9N3.2C8H8N2O.2C8H8N2S.C7H8N4.C7H7N3/c1-5-4-6-7(11-5)2-3-10-8(6)9;1-5-4-6-2-3-10-8(9)7(6)11-5;1-5-4-6-7(11-5)2-3-10-8(6)9;1-5-4-6-2-3-10-8(9)7(6)11-5;1-5-4-6-7(11-5)2-3-10-8(6)9;1-5-4-6-2-3-10-8(9)7(6)11-5;1-4-10-5-2-3-9-7(8)6(5)11-4;1-5-2-3-6-7(4-5)9-10-8-6/h2*2-4,11H,1H3,(H2,9,10);4*2-4H,1H3,(H2,9,10);2-3H,1H3,(H2,8,9)(H,10,11);2-4H,1H3,(H,8,9,10). The van der Waals surface area contributed by atoms with Crippen molar-refractivity contribution in [3.05, 3.63) is 184 Å². The van der Waals surface area contributed by atoms with Crippen molar-refractivity contribution in [1.82, 2.24) is 70.2 Å². The van der Waals surface area contributed by atoms with E-state index < -0.39 is 0 Å².